The minimum atomic E-state index is -4.41. The highest BCUT2D eigenvalue weighted by atomic mass is 32.2. The van der Waals surface area contributed by atoms with E-state index in [0.29, 0.717) is 30.0 Å². The summed E-state index contributed by atoms with van der Waals surface area (Å²) in [7, 11) is 3.06. The topological polar surface area (TPSA) is 38.8 Å². The van der Waals surface area contributed by atoms with Gasteiger partial charge in [-0.1, -0.05) is 12.1 Å². The molecule has 0 saturated carbocycles. The molecule has 1 aliphatic rings. The zero-order chi connectivity index (χ0) is 24.5. The lowest BCUT2D eigenvalue weighted by molar-refractivity contribution is -0.0328. The van der Waals surface area contributed by atoms with Crippen LogP contribution in [0.4, 0.5) is 17.6 Å². The molecule has 178 valence electrons. The first-order valence-corrected chi connectivity index (χ1v) is 11.2. The maximum absolute atomic E-state index is 13.6. The molecule has 1 aliphatic heterocycles. The van der Waals surface area contributed by atoms with E-state index in [2.05, 4.69) is 0 Å². The molecule has 1 heterocycles. The summed E-state index contributed by atoms with van der Waals surface area (Å²) in [4.78, 5) is 15.1. The maximum Gasteiger partial charge on any atom is 0.446 e. The minimum absolute atomic E-state index is 0.0000410. The second-order valence-corrected chi connectivity index (χ2v) is 8.82. The van der Waals surface area contributed by atoms with Gasteiger partial charge in [-0.25, -0.2) is 4.39 Å². The van der Waals surface area contributed by atoms with Crippen LogP contribution in [0.25, 0.3) is 0 Å². The normalized spacial score (nSPS) is 15.6. The number of methoxy groups -OCH3 is 2. The molecular formula is C25H21F4NO3S. The second-order valence-electron chi connectivity index (χ2n) is 7.68. The Morgan fingerprint density at radius 1 is 0.971 bits per heavy atom. The van der Waals surface area contributed by atoms with Crippen molar-refractivity contribution in [3.63, 3.8) is 0 Å². The third-order valence-corrected chi connectivity index (χ3v) is 6.39. The van der Waals surface area contributed by atoms with E-state index < -0.39 is 17.4 Å². The number of ether oxygens (including phenoxy) is 2. The molecule has 1 atom stereocenters. The van der Waals surface area contributed by atoms with Gasteiger partial charge >= 0.3 is 5.51 Å². The van der Waals surface area contributed by atoms with Crippen LogP contribution in [0.3, 0.4) is 0 Å². The highest BCUT2D eigenvalue weighted by molar-refractivity contribution is 8.00. The fraction of sp³-hybridized carbons (Fsp3) is 0.240. The van der Waals surface area contributed by atoms with E-state index in [0.717, 1.165) is 11.1 Å². The van der Waals surface area contributed by atoms with Gasteiger partial charge in [-0.15, -0.1) is 0 Å². The average Bonchev–Trinajstić information content (AvgIpc) is 2.82. The van der Waals surface area contributed by atoms with Crippen molar-refractivity contribution in [1.29, 1.82) is 0 Å². The molecule has 0 aliphatic carbocycles. The van der Waals surface area contributed by atoms with Gasteiger partial charge < -0.3 is 14.4 Å². The summed E-state index contributed by atoms with van der Waals surface area (Å²) in [5.74, 6) is 0.328. The van der Waals surface area contributed by atoms with Gasteiger partial charge in [0.25, 0.3) is 5.91 Å². The van der Waals surface area contributed by atoms with Gasteiger partial charge in [0.05, 0.1) is 20.3 Å². The quantitative estimate of drug-likeness (QED) is 0.313. The van der Waals surface area contributed by atoms with Crippen molar-refractivity contribution in [1.82, 2.24) is 4.90 Å². The van der Waals surface area contributed by atoms with Crippen molar-refractivity contribution >= 4 is 17.7 Å². The zero-order valence-electron chi connectivity index (χ0n) is 18.4. The number of thioether (sulfide) groups is 1. The van der Waals surface area contributed by atoms with E-state index in [1.807, 2.05) is 12.1 Å². The van der Waals surface area contributed by atoms with Crippen LogP contribution in [0.2, 0.25) is 0 Å². The van der Waals surface area contributed by atoms with E-state index >= 15 is 0 Å². The van der Waals surface area contributed by atoms with Gasteiger partial charge in [-0.2, -0.15) is 13.2 Å². The van der Waals surface area contributed by atoms with Crippen LogP contribution in [0.1, 0.15) is 33.1 Å². The number of nitrogens with zero attached hydrogens (tertiary/aromatic N) is 1. The second kappa shape index (κ2) is 9.58. The van der Waals surface area contributed by atoms with E-state index in [9.17, 15) is 22.4 Å². The summed E-state index contributed by atoms with van der Waals surface area (Å²) in [5, 5.41) is 0. The molecule has 0 saturated heterocycles. The Hall–Kier alpha value is -3.20. The number of benzene rings is 3. The highest BCUT2D eigenvalue weighted by Gasteiger charge is 2.34. The summed E-state index contributed by atoms with van der Waals surface area (Å²) in [5.41, 5.74) is -1.66. The predicted molar refractivity (Wildman–Crippen MR) is 121 cm³/mol. The fourth-order valence-corrected chi connectivity index (χ4v) is 4.67. The Morgan fingerprint density at radius 2 is 1.59 bits per heavy atom. The Labute approximate surface area is 198 Å². The fourth-order valence-electron chi connectivity index (χ4n) is 4.13. The Morgan fingerprint density at radius 3 is 2.18 bits per heavy atom. The lowest BCUT2D eigenvalue weighted by atomic mass is 9.87. The third kappa shape index (κ3) is 4.99. The first-order chi connectivity index (χ1) is 16.2. The molecule has 0 aromatic heterocycles. The van der Waals surface area contributed by atoms with Crippen molar-refractivity contribution in [2.24, 2.45) is 0 Å². The van der Waals surface area contributed by atoms with Crippen molar-refractivity contribution in [3.05, 3.63) is 88.7 Å². The van der Waals surface area contributed by atoms with Crippen LogP contribution in [-0.4, -0.2) is 37.1 Å². The zero-order valence-corrected chi connectivity index (χ0v) is 19.2. The van der Waals surface area contributed by atoms with Gasteiger partial charge in [-0.05, 0) is 83.4 Å². The van der Waals surface area contributed by atoms with Crippen LogP contribution >= 0.6 is 11.8 Å². The number of hydrogen-bond donors (Lipinski definition) is 0. The molecule has 9 heteroatoms. The number of alkyl halides is 3. The van der Waals surface area contributed by atoms with Crippen LogP contribution in [0.5, 0.6) is 11.5 Å². The maximum atomic E-state index is 13.6. The Bertz CT molecular complexity index is 1180. The van der Waals surface area contributed by atoms with Gasteiger partial charge in [0.1, 0.15) is 5.82 Å². The number of carbonyl (C=O) groups is 1. The SMILES string of the molecule is COc1cc2c(cc1OC)C(c1ccc(F)cc1)N(C(=O)c1ccc(SC(F)(F)F)cc1)CC2. The molecule has 1 amide bonds. The van der Waals surface area contributed by atoms with Gasteiger partial charge in [0.15, 0.2) is 11.5 Å². The van der Waals surface area contributed by atoms with Crippen molar-refractivity contribution in [3.8, 4) is 11.5 Å². The number of halogens is 4. The average molecular weight is 492 g/mol. The lowest BCUT2D eigenvalue weighted by Crippen LogP contribution is -2.40. The summed E-state index contributed by atoms with van der Waals surface area (Å²) < 4.78 is 62.5. The van der Waals surface area contributed by atoms with Gasteiger partial charge in [-0.3, -0.25) is 4.79 Å². The summed E-state index contributed by atoms with van der Waals surface area (Å²) in [6.07, 6.45) is 0.543. The summed E-state index contributed by atoms with van der Waals surface area (Å²) in [6, 6.07) is 14.4. The van der Waals surface area contributed by atoms with E-state index in [1.165, 1.54) is 43.5 Å². The van der Waals surface area contributed by atoms with Crippen molar-refractivity contribution < 1.29 is 31.8 Å². The number of amides is 1. The number of fused-ring (bicyclic) bond motifs is 1. The van der Waals surface area contributed by atoms with Crippen LogP contribution in [0, 0.1) is 5.82 Å². The Kier molecular flexibility index (Phi) is 6.74. The lowest BCUT2D eigenvalue weighted by Gasteiger charge is -2.38. The first-order valence-electron chi connectivity index (χ1n) is 10.4. The minimum Gasteiger partial charge on any atom is -0.493 e. The summed E-state index contributed by atoms with van der Waals surface area (Å²) >= 11 is -0.232. The number of carbonyl (C=O) groups excluding carboxylic acids is 1. The third-order valence-electron chi connectivity index (χ3n) is 5.66. The molecule has 0 spiro atoms. The van der Waals surface area contributed by atoms with Gasteiger partial charge in [0.2, 0.25) is 0 Å². The van der Waals surface area contributed by atoms with Crippen LogP contribution < -0.4 is 9.47 Å². The molecule has 0 fully saturated rings. The van der Waals surface area contributed by atoms with Crippen LogP contribution in [-0.2, 0) is 6.42 Å². The first kappa shape index (κ1) is 23.9. The van der Waals surface area contributed by atoms with Crippen LogP contribution in [0.15, 0.2) is 65.6 Å². The van der Waals surface area contributed by atoms with E-state index in [-0.39, 0.29) is 28.1 Å². The van der Waals surface area contributed by atoms with E-state index in [4.69, 9.17) is 9.47 Å². The molecule has 0 N–H and O–H groups in total. The molecule has 4 nitrogen and oxygen atoms in total. The van der Waals surface area contributed by atoms with Crippen molar-refractivity contribution in [2.75, 3.05) is 20.8 Å². The molecule has 0 radical (unpaired) electrons. The molecular weight excluding hydrogens is 470 g/mol. The highest BCUT2D eigenvalue weighted by Crippen LogP contribution is 2.42. The Balaban J connectivity index is 1.74. The van der Waals surface area contributed by atoms with Crippen molar-refractivity contribution in [2.45, 2.75) is 22.9 Å². The summed E-state index contributed by atoms with van der Waals surface area (Å²) in [6.45, 7) is 0.364. The largest absolute Gasteiger partial charge is 0.493 e. The molecule has 3 aromatic rings. The molecule has 0 bridgehead atoms. The molecule has 1 unspecified atom stereocenters. The standard InChI is InChI=1S/C25H21F4NO3S/c1-32-21-13-17-11-12-30(24(31)16-5-9-19(10-6-16)34-25(27,28)29)23(20(17)14-22(21)33-2)15-3-7-18(26)8-4-15/h3-10,13-14,23H,11-12H2,1-2H3. The predicted octanol–water partition coefficient (Wildman–Crippen LogP) is 6.24. The molecule has 34 heavy (non-hydrogen) atoms. The molecule has 4 rings (SSSR count). The number of rotatable bonds is 5. The monoisotopic (exact) mass is 491 g/mol. The number of hydrogen-bond acceptors (Lipinski definition) is 4. The smallest absolute Gasteiger partial charge is 0.446 e. The van der Waals surface area contributed by atoms with E-state index in [1.54, 1.807) is 24.1 Å². The molecule has 3 aromatic carbocycles. The van der Waals surface area contributed by atoms with Gasteiger partial charge in [0, 0.05) is 17.0 Å².